The molecule has 0 radical (unpaired) electrons. The van der Waals surface area contributed by atoms with E-state index < -0.39 is 0 Å². The highest BCUT2D eigenvalue weighted by Crippen LogP contribution is 2.29. The maximum atomic E-state index is 11.9. The maximum Gasteiger partial charge on any atom is 0.270 e. The van der Waals surface area contributed by atoms with Crippen molar-refractivity contribution < 1.29 is 4.79 Å². The lowest BCUT2D eigenvalue weighted by molar-refractivity contribution is 0.0933. The molecule has 94 valence electrons. The zero-order valence-corrected chi connectivity index (χ0v) is 11.9. The minimum atomic E-state index is -0.0125. The van der Waals surface area contributed by atoms with E-state index in [-0.39, 0.29) is 5.91 Å². The first-order chi connectivity index (χ1) is 8.19. The van der Waals surface area contributed by atoms with Crippen molar-refractivity contribution >= 4 is 29.0 Å². The van der Waals surface area contributed by atoms with Gasteiger partial charge in [0.2, 0.25) is 0 Å². The summed E-state index contributed by atoms with van der Waals surface area (Å²) in [6, 6.07) is 0.341. The smallest absolute Gasteiger partial charge is 0.270 e. The molecule has 1 aromatic heterocycles. The number of aromatic nitrogens is 1. The average molecular weight is 270 g/mol. The number of carbonyl (C=O) groups is 1. The molecule has 0 spiro atoms. The SMILES string of the molecule is CCS[C@@H]1CC[C@H](NC(=O)c2csc(C)n2)C1. The zero-order valence-electron chi connectivity index (χ0n) is 10.2. The quantitative estimate of drug-likeness (QED) is 0.914. The van der Waals surface area contributed by atoms with Crippen LogP contribution < -0.4 is 5.32 Å². The third kappa shape index (κ3) is 3.45. The molecule has 17 heavy (non-hydrogen) atoms. The predicted molar refractivity (Wildman–Crippen MR) is 73.9 cm³/mol. The van der Waals surface area contributed by atoms with Gasteiger partial charge in [0.1, 0.15) is 5.69 Å². The van der Waals surface area contributed by atoms with E-state index >= 15 is 0 Å². The lowest BCUT2D eigenvalue weighted by Crippen LogP contribution is -2.33. The lowest BCUT2D eigenvalue weighted by Gasteiger charge is -2.11. The molecule has 1 N–H and O–H groups in total. The zero-order chi connectivity index (χ0) is 12.3. The van der Waals surface area contributed by atoms with E-state index in [0.29, 0.717) is 11.7 Å². The van der Waals surface area contributed by atoms with Gasteiger partial charge in [0.05, 0.1) is 5.01 Å². The van der Waals surface area contributed by atoms with Crippen molar-refractivity contribution in [3.8, 4) is 0 Å². The van der Waals surface area contributed by atoms with Crippen LogP contribution in [0.2, 0.25) is 0 Å². The molecular formula is C12H18N2OS2. The topological polar surface area (TPSA) is 42.0 Å². The fraction of sp³-hybridized carbons (Fsp3) is 0.667. The van der Waals surface area contributed by atoms with Crippen molar-refractivity contribution in [1.82, 2.24) is 10.3 Å². The Bertz CT molecular complexity index is 392. The molecule has 1 fully saturated rings. The van der Waals surface area contributed by atoms with Gasteiger partial charge >= 0.3 is 0 Å². The van der Waals surface area contributed by atoms with Crippen LogP contribution in [0.25, 0.3) is 0 Å². The number of hydrogen-bond acceptors (Lipinski definition) is 4. The Labute approximate surface area is 110 Å². The number of amides is 1. The van der Waals surface area contributed by atoms with Gasteiger partial charge in [0.25, 0.3) is 5.91 Å². The van der Waals surface area contributed by atoms with Gasteiger partial charge in [-0.3, -0.25) is 4.79 Å². The summed E-state index contributed by atoms with van der Waals surface area (Å²) >= 11 is 3.53. The average Bonchev–Trinajstić information content (AvgIpc) is 2.88. The Morgan fingerprint density at radius 2 is 2.47 bits per heavy atom. The van der Waals surface area contributed by atoms with Crippen LogP contribution in [-0.4, -0.2) is 27.9 Å². The van der Waals surface area contributed by atoms with Gasteiger partial charge in [-0.1, -0.05) is 6.92 Å². The molecule has 3 nitrogen and oxygen atoms in total. The fourth-order valence-electron chi connectivity index (χ4n) is 2.19. The predicted octanol–water partition coefficient (Wildman–Crippen LogP) is 2.86. The summed E-state index contributed by atoms with van der Waals surface area (Å²) in [4.78, 5) is 16.1. The van der Waals surface area contributed by atoms with E-state index in [4.69, 9.17) is 0 Å². The van der Waals surface area contributed by atoms with Crippen LogP contribution in [0.1, 0.15) is 41.7 Å². The number of nitrogens with zero attached hydrogens (tertiary/aromatic N) is 1. The van der Waals surface area contributed by atoms with Crippen molar-refractivity contribution in [2.75, 3.05) is 5.75 Å². The minimum absolute atomic E-state index is 0.0125. The molecule has 1 aliphatic carbocycles. The second-order valence-corrected chi connectivity index (χ2v) is 6.95. The van der Waals surface area contributed by atoms with Gasteiger partial charge in [-0.15, -0.1) is 11.3 Å². The fourth-order valence-corrected chi connectivity index (χ4v) is 3.92. The van der Waals surface area contributed by atoms with Gasteiger partial charge in [-0.25, -0.2) is 4.98 Å². The van der Waals surface area contributed by atoms with E-state index in [9.17, 15) is 4.79 Å². The number of rotatable bonds is 4. The van der Waals surface area contributed by atoms with Gasteiger partial charge in [-0.2, -0.15) is 11.8 Å². The summed E-state index contributed by atoms with van der Waals surface area (Å²) < 4.78 is 0. The Morgan fingerprint density at radius 1 is 1.65 bits per heavy atom. The number of hydrogen-bond donors (Lipinski definition) is 1. The molecule has 2 rings (SSSR count). The number of thioether (sulfide) groups is 1. The molecule has 0 unspecified atom stereocenters. The highest BCUT2D eigenvalue weighted by molar-refractivity contribution is 7.99. The largest absolute Gasteiger partial charge is 0.348 e. The molecule has 1 amide bonds. The van der Waals surface area contributed by atoms with Crippen LogP contribution in [0.5, 0.6) is 0 Å². The molecule has 0 aliphatic heterocycles. The first-order valence-corrected chi connectivity index (χ1v) is 7.96. The molecule has 1 aromatic rings. The minimum Gasteiger partial charge on any atom is -0.348 e. The van der Waals surface area contributed by atoms with Gasteiger partial charge < -0.3 is 5.32 Å². The van der Waals surface area contributed by atoms with E-state index in [2.05, 4.69) is 17.2 Å². The van der Waals surface area contributed by atoms with E-state index in [0.717, 1.165) is 28.9 Å². The highest BCUT2D eigenvalue weighted by atomic mass is 32.2. The number of aryl methyl sites for hydroxylation is 1. The van der Waals surface area contributed by atoms with Crippen molar-refractivity contribution in [2.45, 2.75) is 44.4 Å². The van der Waals surface area contributed by atoms with E-state index in [1.807, 2.05) is 24.1 Å². The molecule has 0 bridgehead atoms. The molecule has 1 heterocycles. The van der Waals surface area contributed by atoms with Crippen LogP contribution in [0.3, 0.4) is 0 Å². The van der Waals surface area contributed by atoms with Gasteiger partial charge in [0.15, 0.2) is 0 Å². The van der Waals surface area contributed by atoms with Crippen LogP contribution in [0, 0.1) is 6.92 Å². The van der Waals surface area contributed by atoms with Crippen molar-refractivity contribution in [2.24, 2.45) is 0 Å². The Kier molecular flexibility index (Phi) is 4.45. The Balaban J connectivity index is 1.84. The summed E-state index contributed by atoms with van der Waals surface area (Å²) in [5.74, 6) is 1.15. The summed E-state index contributed by atoms with van der Waals surface area (Å²) in [6.45, 7) is 4.11. The second kappa shape index (κ2) is 5.87. The summed E-state index contributed by atoms with van der Waals surface area (Å²) in [6.07, 6.45) is 3.43. The standard InChI is InChI=1S/C12H18N2OS2/c1-3-16-10-5-4-9(6-10)14-12(15)11-7-17-8(2)13-11/h7,9-10H,3-6H2,1-2H3,(H,14,15)/t9-,10+/m0/s1. The molecule has 0 saturated heterocycles. The van der Waals surface area contributed by atoms with E-state index in [1.54, 1.807) is 0 Å². The molecule has 1 saturated carbocycles. The first kappa shape index (κ1) is 12.9. The summed E-state index contributed by atoms with van der Waals surface area (Å²) in [5, 5.41) is 6.59. The molecule has 0 aromatic carbocycles. The van der Waals surface area contributed by atoms with Crippen LogP contribution in [-0.2, 0) is 0 Å². The third-order valence-corrected chi connectivity index (χ3v) is 4.98. The highest BCUT2D eigenvalue weighted by Gasteiger charge is 2.26. The van der Waals surface area contributed by atoms with Gasteiger partial charge in [-0.05, 0) is 31.9 Å². The van der Waals surface area contributed by atoms with E-state index in [1.165, 1.54) is 17.8 Å². The number of nitrogens with one attached hydrogen (secondary N) is 1. The summed E-state index contributed by atoms with van der Waals surface area (Å²) in [7, 11) is 0. The second-order valence-electron chi connectivity index (χ2n) is 4.31. The first-order valence-electron chi connectivity index (χ1n) is 6.03. The Morgan fingerprint density at radius 3 is 3.12 bits per heavy atom. The normalized spacial score (nSPS) is 23.9. The third-order valence-electron chi connectivity index (χ3n) is 2.97. The van der Waals surface area contributed by atoms with Crippen LogP contribution >= 0.6 is 23.1 Å². The molecule has 1 aliphatic rings. The molecule has 5 heteroatoms. The molecule has 2 atom stereocenters. The lowest BCUT2D eigenvalue weighted by atomic mass is 10.2. The maximum absolute atomic E-state index is 11.9. The van der Waals surface area contributed by atoms with Crippen molar-refractivity contribution in [3.05, 3.63) is 16.1 Å². The number of carbonyl (C=O) groups excluding carboxylic acids is 1. The summed E-state index contributed by atoms with van der Waals surface area (Å²) in [5.41, 5.74) is 0.569. The van der Waals surface area contributed by atoms with Gasteiger partial charge in [0, 0.05) is 16.7 Å². The van der Waals surface area contributed by atoms with Crippen molar-refractivity contribution in [1.29, 1.82) is 0 Å². The van der Waals surface area contributed by atoms with Crippen LogP contribution in [0.4, 0.5) is 0 Å². The van der Waals surface area contributed by atoms with Crippen molar-refractivity contribution in [3.63, 3.8) is 0 Å². The Hall–Kier alpha value is -0.550. The van der Waals surface area contributed by atoms with Crippen LogP contribution in [0.15, 0.2) is 5.38 Å². The monoisotopic (exact) mass is 270 g/mol. The molecular weight excluding hydrogens is 252 g/mol. The number of thiazole rings is 1.